The highest BCUT2D eigenvalue weighted by atomic mass is 16.5. The van der Waals surface area contributed by atoms with Gasteiger partial charge in [-0.15, -0.1) is 0 Å². The van der Waals surface area contributed by atoms with Gasteiger partial charge in [0.2, 0.25) is 11.8 Å². The van der Waals surface area contributed by atoms with Gasteiger partial charge in [0, 0.05) is 19.5 Å². The molecule has 27 heavy (non-hydrogen) atoms. The molecule has 1 N–H and O–H groups in total. The van der Waals surface area contributed by atoms with E-state index in [0.717, 1.165) is 36.9 Å². The van der Waals surface area contributed by atoms with Crippen LogP contribution in [0.15, 0.2) is 47.2 Å². The van der Waals surface area contributed by atoms with E-state index in [9.17, 15) is 4.79 Å². The first-order chi connectivity index (χ1) is 13.1. The summed E-state index contributed by atoms with van der Waals surface area (Å²) in [5.41, 5.74) is 1.55. The lowest BCUT2D eigenvalue weighted by atomic mass is 9.96. The Morgan fingerprint density at radius 2 is 2.04 bits per heavy atom. The van der Waals surface area contributed by atoms with Crippen LogP contribution in [0.1, 0.15) is 49.4 Å². The Morgan fingerprint density at radius 3 is 2.74 bits per heavy atom. The van der Waals surface area contributed by atoms with Crippen molar-refractivity contribution in [3.05, 3.63) is 60.0 Å². The van der Waals surface area contributed by atoms with Crippen molar-refractivity contribution < 1.29 is 9.32 Å². The van der Waals surface area contributed by atoms with Crippen LogP contribution in [0.25, 0.3) is 5.69 Å². The van der Waals surface area contributed by atoms with Crippen LogP contribution in [-0.2, 0) is 16.8 Å². The topological polar surface area (TPSA) is 85.8 Å². The van der Waals surface area contributed by atoms with Crippen molar-refractivity contribution in [2.24, 2.45) is 0 Å². The summed E-state index contributed by atoms with van der Waals surface area (Å²) < 4.78 is 6.96. The van der Waals surface area contributed by atoms with Gasteiger partial charge < -0.3 is 9.84 Å². The number of para-hydroxylation sites is 1. The zero-order valence-corrected chi connectivity index (χ0v) is 15.4. The molecule has 4 rings (SSSR count). The molecule has 140 valence electrons. The maximum absolute atomic E-state index is 12.6. The van der Waals surface area contributed by atoms with E-state index in [2.05, 4.69) is 20.6 Å². The molecule has 0 radical (unpaired) electrons. The summed E-state index contributed by atoms with van der Waals surface area (Å²) in [7, 11) is 0. The Morgan fingerprint density at radius 1 is 1.26 bits per heavy atom. The molecular formula is C20H23N5O2. The monoisotopic (exact) mass is 365 g/mol. The van der Waals surface area contributed by atoms with Gasteiger partial charge in [0.1, 0.15) is 5.54 Å². The minimum absolute atomic E-state index is 0.00631. The van der Waals surface area contributed by atoms with Crippen molar-refractivity contribution in [3.63, 3.8) is 0 Å². The van der Waals surface area contributed by atoms with Crippen molar-refractivity contribution in [2.75, 3.05) is 0 Å². The van der Waals surface area contributed by atoms with E-state index in [-0.39, 0.29) is 5.91 Å². The molecule has 1 amide bonds. The molecule has 7 nitrogen and oxygen atoms in total. The Balaban J connectivity index is 1.39. The lowest BCUT2D eigenvalue weighted by molar-refractivity contribution is -0.123. The molecule has 0 unspecified atom stereocenters. The third-order valence-corrected chi connectivity index (χ3v) is 5.09. The first-order valence-corrected chi connectivity index (χ1v) is 9.35. The van der Waals surface area contributed by atoms with Gasteiger partial charge >= 0.3 is 0 Å². The molecule has 7 heteroatoms. The number of aromatic nitrogens is 4. The molecule has 0 bridgehead atoms. The lowest BCUT2D eigenvalue weighted by Crippen LogP contribution is -2.44. The third kappa shape index (κ3) is 3.77. The number of hydrogen-bond donors (Lipinski definition) is 1. The SMILES string of the molecule is Cc1nc(C2(NC(=O)CCc3cnn(-c4ccccc4)c3)CCCC2)no1. The standard InChI is InChI=1S/C20H23N5O2/c1-15-22-19(24-27-15)20(11-5-6-12-20)23-18(26)10-9-16-13-21-25(14-16)17-7-3-2-4-8-17/h2-4,7-8,13-14H,5-6,9-12H2,1H3,(H,23,26). The van der Waals surface area contributed by atoms with E-state index >= 15 is 0 Å². The van der Waals surface area contributed by atoms with Crippen LogP contribution in [0.2, 0.25) is 0 Å². The average molecular weight is 365 g/mol. The fraction of sp³-hybridized carbons (Fsp3) is 0.400. The lowest BCUT2D eigenvalue weighted by Gasteiger charge is -2.26. The molecule has 2 aromatic heterocycles. The van der Waals surface area contributed by atoms with Crippen molar-refractivity contribution in [1.29, 1.82) is 0 Å². The Bertz CT molecular complexity index is 909. The largest absolute Gasteiger partial charge is 0.343 e. The first-order valence-electron chi connectivity index (χ1n) is 9.35. The number of carbonyl (C=O) groups is 1. The van der Waals surface area contributed by atoms with Crippen LogP contribution in [0.3, 0.4) is 0 Å². The molecule has 1 aromatic carbocycles. The van der Waals surface area contributed by atoms with Crippen molar-refractivity contribution in [2.45, 2.75) is 51.0 Å². The molecule has 1 saturated carbocycles. The van der Waals surface area contributed by atoms with Crippen molar-refractivity contribution in [3.8, 4) is 5.69 Å². The van der Waals surface area contributed by atoms with E-state index in [1.165, 1.54) is 0 Å². The summed E-state index contributed by atoms with van der Waals surface area (Å²) in [4.78, 5) is 17.0. The van der Waals surface area contributed by atoms with E-state index in [0.29, 0.717) is 24.6 Å². The van der Waals surface area contributed by atoms with Gasteiger partial charge in [0.25, 0.3) is 0 Å². The number of nitrogens with zero attached hydrogens (tertiary/aromatic N) is 4. The normalized spacial score (nSPS) is 15.7. The van der Waals surface area contributed by atoms with Gasteiger partial charge in [-0.3, -0.25) is 4.79 Å². The highest BCUT2D eigenvalue weighted by Gasteiger charge is 2.41. The number of benzene rings is 1. The second-order valence-electron chi connectivity index (χ2n) is 7.10. The van der Waals surface area contributed by atoms with Crippen LogP contribution in [0.4, 0.5) is 0 Å². The van der Waals surface area contributed by atoms with Crippen LogP contribution in [0.5, 0.6) is 0 Å². The van der Waals surface area contributed by atoms with Gasteiger partial charge in [0.05, 0.1) is 11.9 Å². The minimum atomic E-state index is -0.483. The van der Waals surface area contributed by atoms with Gasteiger partial charge in [-0.1, -0.05) is 36.2 Å². The predicted octanol–water partition coefficient (Wildman–Crippen LogP) is 3.08. The summed E-state index contributed by atoms with van der Waals surface area (Å²) in [6, 6.07) is 9.93. The molecule has 1 aliphatic rings. The smallest absolute Gasteiger partial charge is 0.223 e. The number of carbonyl (C=O) groups excluding carboxylic acids is 1. The van der Waals surface area contributed by atoms with Crippen LogP contribution in [-0.4, -0.2) is 25.8 Å². The summed E-state index contributed by atoms with van der Waals surface area (Å²) >= 11 is 0. The molecule has 1 fully saturated rings. The molecule has 0 aliphatic heterocycles. The summed E-state index contributed by atoms with van der Waals surface area (Å²) in [6.45, 7) is 1.77. The van der Waals surface area contributed by atoms with E-state index < -0.39 is 5.54 Å². The zero-order valence-electron chi connectivity index (χ0n) is 15.4. The Labute approximate surface area is 157 Å². The second kappa shape index (κ2) is 7.34. The van der Waals surface area contributed by atoms with Gasteiger partial charge in [-0.05, 0) is 37.0 Å². The molecule has 0 spiro atoms. The number of nitrogens with one attached hydrogen (secondary N) is 1. The summed E-state index contributed by atoms with van der Waals surface area (Å²) in [5, 5.41) is 11.6. The van der Waals surface area contributed by atoms with E-state index in [1.54, 1.807) is 6.92 Å². The maximum Gasteiger partial charge on any atom is 0.223 e. The molecule has 3 aromatic rings. The van der Waals surface area contributed by atoms with E-state index in [1.807, 2.05) is 47.4 Å². The van der Waals surface area contributed by atoms with Gasteiger partial charge in [0.15, 0.2) is 5.82 Å². The zero-order chi connectivity index (χ0) is 18.7. The molecule has 0 atom stereocenters. The predicted molar refractivity (Wildman–Crippen MR) is 99.2 cm³/mol. The molecule has 1 aliphatic carbocycles. The van der Waals surface area contributed by atoms with Crippen LogP contribution >= 0.6 is 0 Å². The van der Waals surface area contributed by atoms with Crippen molar-refractivity contribution in [1.82, 2.24) is 25.2 Å². The minimum Gasteiger partial charge on any atom is -0.343 e. The third-order valence-electron chi connectivity index (χ3n) is 5.09. The number of amides is 1. The highest BCUT2D eigenvalue weighted by Crippen LogP contribution is 2.37. The summed E-state index contributed by atoms with van der Waals surface area (Å²) in [6.07, 6.45) is 8.63. The van der Waals surface area contributed by atoms with Crippen LogP contribution in [0, 0.1) is 6.92 Å². The van der Waals surface area contributed by atoms with Crippen molar-refractivity contribution >= 4 is 5.91 Å². The Hall–Kier alpha value is -2.96. The highest BCUT2D eigenvalue weighted by molar-refractivity contribution is 5.77. The summed E-state index contributed by atoms with van der Waals surface area (Å²) in [5.74, 6) is 1.13. The van der Waals surface area contributed by atoms with E-state index in [4.69, 9.17) is 4.52 Å². The first kappa shape index (κ1) is 17.5. The molecule has 0 saturated heterocycles. The molecular weight excluding hydrogens is 342 g/mol. The van der Waals surface area contributed by atoms with Crippen LogP contribution < -0.4 is 5.32 Å². The fourth-order valence-corrected chi connectivity index (χ4v) is 3.68. The second-order valence-corrected chi connectivity index (χ2v) is 7.10. The number of hydrogen-bond acceptors (Lipinski definition) is 5. The Kier molecular flexibility index (Phi) is 4.75. The quantitative estimate of drug-likeness (QED) is 0.725. The van der Waals surface area contributed by atoms with Gasteiger partial charge in [-0.25, -0.2) is 4.68 Å². The van der Waals surface area contributed by atoms with Gasteiger partial charge in [-0.2, -0.15) is 10.1 Å². The average Bonchev–Trinajstić information content (AvgIpc) is 3.42. The molecule has 2 heterocycles. The fourth-order valence-electron chi connectivity index (χ4n) is 3.68. The number of rotatable bonds is 6. The maximum atomic E-state index is 12.6. The number of aryl methyl sites for hydroxylation is 2.